The number of hydrogen-bond acceptors (Lipinski definition) is 3. The summed E-state index contributed by atoms with van der Waals surface area (Å²) in [5, 5.41) is 7.79. The van der Waals surface area contributed by atoms with Crippen LogP contribution in [0.25, 0.3) is 0 Å². The number of hydrogen-bond donors (Lipinski definition) is 1. The topological polar surface area (TPSA) is 56.2 Å². The molecule has 0 saturated heterocycles. The van der Waals surface area contributed by atoms with Crippen LogP contribution in [-0.4, -0.2) is 22.3 Å². The van der Waals surface area contributed by atoms with Gasteiger partial charge in [0.15, 0.2) is 0 Å². The lowest BCUT2D eigenvalue weighted by Crippen LogP contribution is -2.20. The summed E-state index contributed by atoms with van der Waals surface area (Å²) >= 11 is 6.26. The monoisotopic (exact) mass is 363 g/mol. The Morgan fingerprint density at radius 3 is 2.52 bits per heavy atom. The Labute approximate surface area is 154 Å². The highest BCUT2D eigenvalue weighted by atomic mass is 35.5. The average Bonchev–Trinajstić information content (AvgIpc) is 2.78. The normalized spacial score (nSPS) is 12.3. The second-order valence-electron chi connectivity index (χ2n) is 6.77. The Morgan fingerprint density at radius 2 is 2.00 bits per heavy atom. The van der Waals surface area contributed by atoms with Crippen LogP contribution in [0.3, 0.4) is 0 Å². The molecule has 1 amide bonds. The minimum Gasteiger partial charge on any atom is -0.492 e. The molecule has 5 nitrogen and oxygen atoms in total. The standard InChI is InChI=1S/C19H26ClN3O2/c1-11(2)10-25-17-8-7-15(9-16(17)20)21-19(24)12(3)18-13(4)22-23(6)14(18)5/h7-9,11-12H,10H2,1-6H3,(H,21,24)/t12-/m0/s1. The molecular formula is C19H26ClN3O2. The van der Waals surface area contributed by atoms with E-state index in [1.54, 1.807) is 22.9 Å². The molecule has 0 spiro atoms. The van der Waals surface area contributed by atoms with E-state index in [0.717, 1.165) is 17.0 Å². The maximum absolute atomic E-state index is 12.6. The molecule has 0 radical (unpaired) electrons. The van der Waals surface area contributed by atoms with E-state index in [1.807, 2.05) is 27.8 Å². The first-order valence-corrected chi connectivity index (χ1v) is 8.81. The van der Waals surface area contributed by atoms with E-state index in [4.69, 9.17) is 16.3 Å². The second-order valence-corrected chi connectivity index (χ2v) is 7.18. The van der Waals surface area contributed by atoms with Crippen LogP contribution in [0.4, 0.5) is 5.69 Å². The molecule has 1 N–H and O–H groups in total. The first-order valence-electron chi connectivity index (χ1n) is 8.44. The number of rotatable bonds is 6. The van der Waals surface area contributed by atoms with Crippen LogP contribution >= 0.6 is 11.6 Å². The molecule has 0 saturated carbocycles. The van der Waals surface area contributed by atoms with Crippen LogP contribution in [-0.2, 0) is 11.8 Å². The zero-order valence-corrected chi connectivity index (χ0v) is 16.4. The van der Waals surface area contributed by atoms with Crippen LogP contribution in [0.5, 0.6) is 5.75 Å². The van der Waals surface area contributed by atoms with Gasteiger partial charge in [-0.25, -0.2) is 0 Å². The van der Waals surface area contributed by atoms with Gasteiger partial charge in [-0.3, -0.25) is 9.48 Å². The van der Waals surface area contributed by atoms with Crippen LogP contribution in [0.1, 0.15) is 43.6 Å². The Morgan fingerprint density at radius 1 is 1.32 bits per heavy atom. The summed E-state index contributed by atoms with van der Waals surface area (Å²) in [7, 11) is 1.88. The highest BCUT2D eigenvalue weighted by Gasteiger charge is 2.22. The Bertz CT molecular complexity index is 768. The average molecular weight is 364 g/mol. The van der Waals surface area contributed by atoms with E-state index >= 15 is 0 Å². The number of nitrogens with one attached hydrogen (secondary N) is 1. The molecule has 0 bridgehead atoms. The van der Waals surface area contributed by atoms with Gasteiger partial charge in [0.05, 0.1) is 23.2 Å². The number of halogens is 1. The van der Waals surface area contributed by atoms with Gasteiger partial charge in [-0.05, 0) is 44.9 Å². The summed E-state index contributed by atoms with van der Waals surface area (Å²) in [6.07, 6.45) is 0. The van der Waals surface area contributed by atoms with Crippen molar-refractivity contribution in [3.8, 4) is 5.75 Å². The molecule has 0 fully saturated rings. The highest BCUT2D eigenvalue weighted by Crippen LogP contribution is 2.29. The second kappa shape index (κ2) is 7.91. The number of nitrogens with zero attached hydrogens (tertiary/aromatic N) is 2. The van der Waals surface area contributed by atoms with E-state index in [1.165, 1.54) is 0 Å². The molecule has 2 aromatic rings. The quantitative estimate of drug-likeness (QED) is 0.823. The van der Waals surface area contributed by atoms with Gasteiger partial charge in [0.2, 0.25) is 5.91 Å². The molecule has 0 aliphatic rings. The number of aromatic nitrogens is 2. The van der Waals surface area contributed by atoms with Crippen molar-refractivity contribution in [2.45, 2.75) is 40.5 Å². The van der Waals surface area contributed by atoms with Gasteiger partial charge in [-0.1, -0.05) is 25.4 Å². The van der Waals surface area contributed by atoms with Crippen molar-refractivity contribution in [1.82, 2.24) is 9.78 Å². The van der Waals surface area contributed by atoms with Crippen LogP contribution < -0.4 is 10.1 Å². The molecule has 0 unspecified atom stereocenters. The van der Waals surface area contributed by atoms with Crippen LogP contribution in [0.15, 0.2) is 18.2 Å². The number of carbonyl (C=O) groups excluding carboxylic acids is 1. The molecule has 0 aliphatic heterocycles. The van der Waals surface area contributed by atoms with Gasteiger partial charge in [-0.15, -0.1) is 0 Å². The summed E-state index contributed by atoms with van der Waals surface area (Å²) in [4.78, 5) is 12.6. The number of anilines is 1. The van der Waals surface area contributed by atoms with Crippen molar-refractivity contribution in [3.63, 3.8) is 0 Å². The molecule has 2 rings (SSSR count). The Balaban J connectivity index is 2.11. The summed E-state index contributed by atoms with van der Waals surface area (Å²) in [5.41, 5.74) is 3.48. The maximum atomic E-state index is 12.6. The zero-order valence-electron chi connectivity index (χ0n) is 15.7. The Hall–Kier alpha value is -2.01. The third kappa shape index (κ3) is 4.54. The van der Waals surface area contributed by atoms with Crippen LogP contribution in [0, 0.1) is 19.8 Å². The number of ether oxygens (including phenoxy) is 1. The lowest BCUT2D eigenvalue weighted by Gasteiger charge is -2.15. The smallest absolute Gasteiger partial charge is 0.231 e. The Kier molecular flexibility index (Phi) is 6.11. The first-order chi connectivity index (χ1) is 11.7. The number of carbonyl (C=O) groups is 1. The van der Waals surface area contributed by atoms with E-state index in [-0.39, 0.29) is 11.8 Å². The summed E-state index contributed by atoms with van der Waals surface area (Å²) in [5.74, 6) is 0.651. The molecule has 0 aliphatic carbocycles. The fraction of sp³-hybridized carbons (Fsp3) is 0.474. The highest BCUT2D eigenvalue weighted by molar-refractivity contribution is 6.32. The van der Waals surface area contributed by atoms with Gasteiger partial charge >= 0.3 is 0 Å². The third-order valence-corrected chi connectivity index (χ3v) is 4.46. The van der Waals surface area contributed by atoms with Crippen molar-refractivity contribution in [2.24, 2.45) is 13.0 Å². The molecule has 1 atom stereocenters. The predicted octanol–water partition coefficient (Wildman–Crippen LogP) is 4.47. The molecule has 25 heavy (non-hydrogen) atoms. The minimum absolute atomic E-state index is 0.0916. The third-order valence-electron chi connectivity index (χ3n) is 4.16. The molecule has 1 aromatic carbocycles. The van der Waals surface area contributed by atoms with Gasteiger partial charge in [0.1, 0.15) is 5.75 Å². The number of aryl methyl sites for hydroxylation is 2. The number of amides is 1. The summed E-state index contributed by atoms with van der Waals surface area (Å²) in [6, 6.07) is 5.30. The number of benzene rings is 1. The van der Waals surface area contributed by atoms with E-state index in [0.29, 0.717) is 29.0 Å². The molecular weight excluding hydrogens is 338 g/mol. The van der Waals surface area contributed by atoms with Crippen molar-refractivity contribution < 1.29 is 9.53 Å². The van der Waals surface area contributed by atoms with Gasteiger partial charge in [0.25, 0.3) is 0 Å². The zero-order chi connectivity index (χ0) is 18.7. The van der Waals surface area contributed by atoms with Gasteiger partial charge in [0, 0.05) is 24.0 Å². The molecule has 6 heteroatoms. The maximum Gasteiger partial charge on any atom is 0.231 e. The van der Waals surface area contributed by atoms with Crippen molar-refractivity contribution in [2.75, 3.05) is 11.9 Å². The van der Waals surface area contributed by atoms with Crippen molar-refractivity contribution >= 4 is 23.2 Å². The van der Waals surface area contributed by atoms with Gasteiger partial charge in [-0.2, -0.15) is 5.10 Å². The summed E-state index contributed by atoms with van der Waals surface area (Å²) < 4.78 is 7.45. The fourth-order valence-electron chi connectivity index (χ4n) is 2.75. The van der Waals surface area contributed by atoms with E-state index in [2.05, 4.69) is 24.3 Å². The molecule has 1 heterocycles. The fourth-order valence-corrected chi connectivity index (χ4v) is 2.99. The van der Waals surface area contributed by atoms with E-state index in [9.17, 15) is 4.79 Å². The van der Waals surface area contributed by atoms with Crippen molar-refractivity contribution in [3.05, 3.63) is 40.2 Å². The van der Waals surface area contributed by atoms with Gasteiger partial charge < -0.3 is 10.1 Å². The largest absolute Gasteiger partial charge is 0.492 e. The van der Waals surface area contributed by atoms with Crippen molar-refractivity contribution in [1.29, 1.82) is 0 Å². The molecule has 136 valence electrons. The van der Waals surface area contributed by atoms with Crippen LogP contribution in [0.2, 0.25) is 5.02 Å². The molecule has 1 aromatic heterocycles. The lowest BCUT2D eigenvalue weighted by molar-refractivity contribution is -0.117. The minimum atomic E-state index is -0.302. The first kappa shape index (κ1) is 19.3. The van der Waals surface area contributed by atoms with E-state index < -0.39 is 0 Å². The summed E-state index contributed by atoms with van der Waals surface area (Å²) in [6.45, 7) is 10.5. The SMILES string of the molecule is Cc1nn(C)c(C)c1[C@H](C)C(=O)Nc1ccc(OCC(C)C)c(Cl)c1. The predicted molar refractivity (Wildman–Crippen MR) is 102 cm³/mol. The lowest BCUT2D eigenvalue weighted by atomic mass is 9.98.